The van der Waals surface area contributed by atoms with Gasteiger partial charge in [0.15, 0.2) is 0 Å². The van der Waals surface area contributed by atoms with E-state index < -0.39 is 0 Å². The monoisotopic (exact) mass is 293 g/mol. The van der Waals surface area contributed by atoms with Gasteiger partial charge in [-0.25, -0.2) is 10.8 Å². The highest BCUT2D eigenvalue weighted by atomic mass is 32.1. The quantitative estimate of drug-likeness (QED) is 0.591. The number of aromatic nitrogens is 2. The van der Waals surface area contributed by atoms with Gasteiger partial charge in [-0.3, -0.25) is 5.43 Å². The predicted molar refractivity (Wildman–Crippen MR) is 82.0 cm³/mol. The van der Waals surface area contributed by atoms with E-state index in [2.05, 4.69) is 33.7 Å². The minimum atomic E-state index is 0.453. The van der Waals surface area contributed by atoms with Crippen LogP contribution in [0.1, 0.15) is 17.7 Å². The maximum atomic E-state index is 5.44. The summed E-state index contributed by atoms with van der Waals surface area (Å²) in [4.78, 5) is 11.0. The van der Waals surface area contributed by atoms with E-state index in [9.17, 15) is 0 Å². The third-order valence-corrected chi connectivity index (χ3v) is 4.49. The van der Waals surface area contributed by atoms with Crippen molar-refractivity contribution in [1.82, 2.24) is 9.97 Å². The Labute approximate surface area is 121 Å². The third kappa shape index (κ3) is 2.84. The number of rotatable bonds is 4. The normalized spacial score (nSPS) is 16.5. The summed E-state index contributed by atoms with van der Waals surface area (Å²) in [5.41, 5.74) is 2.53. The first-order valence-corrected chi connectivity index (χ1v) is 7.64. The van der Waals surface area contributed by atoms with Crippen molar-refractivity contribution in [2.45, 2.75) is 19.8 Å². The summed E-state index contributed by atoms with van der Waals surface area (Å²) in [6.07, 6.45) is 2.21. The van der Waals surface area contributed by atoms with E-state index in [0.717, 1.165) is 48.6 Å². The standard InChI is InChI=1S/C13H19N5OS/c1-8-6-10-11(15-7-9-2-4-19-5-3-9)16-13(18-14)17-12(10)20-8/h6,9H,2-5,7,14H2,1H3,(H2,15,16,17,18). The van der Waals surface area contributed by atoms with Crippen LogP contribution in [0.25, 0.3) is 10.2 Å². The SMILES string of the molecule is Cc1cc2c(NCC3CCOCC3)nc(NN)nc2s1. The maximum Gasteiger partial charge on any atom is 0.240 e. The Bertz CT molecular complexity index is 594. The zero-order chi connectivity index (χ0) is 13.9. The highest BCUT2D eigenvalue weighted by Crippen LogP contribution is 2.29. The van der Waals surface area contributed by atoms with Crippen LogP contribution in [0, 0.1) is 12.8 Å². The molecule has 3 heterocycles. The van der Waals surface area contributed by atoms with E-state index in [0.29, 0.717) is 11.9 Å². The minimum absolute atomic E-state index is 0.453. The number of hydrazine groups is 1. The summed E-state index contributed by atoms with van der Waals surface area (Å²) in [7, 11) is 0. The minimum Gasteiger partial charge on any atom is -0.381 e. The molecule has 6 nitrogen and oxygen atoms in total. The van der Waals surface area contributed by atoms with Crippen molar-refractivity contribution >= 4 is 33.3 Å². The number of nitrogen functional groups attached to an aromatic ring is 1. The lowest BCUT2D eigenvalue weighted by atomic mass is 10.0. The Balaban J connectivity index is 1.81. The number of aryl methyl sites for hydroxylation is 1. The molecule has 0 amide bonds. The molecule has 1 fully saturated rings. The zero-order valence-corrected chi connectivity index (χ0v) is 12.3. The van der Waals surface area contributed by atoms with Crippen LogP contribution in [0.3, 0.4) is 0 Å². The number of thiophene rings is 1. The van der Waals surface area contributed by atoms with E-state index in [1.807, 2.05) is 0 Å². The van der Waals surface area contributed by atoms with E-state index in [4.69, 9.17) is 10.6 Å². The average molecular weight is 293 g/mol. The Morgan fingerprint density at radius 2 is 2.20 bits per heavy atom. The fourth-order valence-corrected chi connectivity index (χ4v) is 3.31. The fourth-order valence-electron chi connectivity index (χ4n) is 2.43. The molecule has 1 aliphatic rings. The molecule has 0 atom stereocenters. The zero-order valence-electron chi connectivity index (χ0n) is 11.5. The number of nitrogens with one attached hydrogen (secondary N) is 2. The van der Waals surface area contributed by atoms with Gasteiger partial charge in [-0.05, 0) is 31.7 Å². The highest BCUT2D eigenvalue weighted by molar-refractivity contribution is 7.18. The third-order valence-electron chi connectivity index (χ3n) is 3.54. The molecular formula is C13H19N5OS. The summed E-state index contributed by atoms with van der Waals surface area (Å²) in [6, 6.07) is 2.12. The van der Waals surface area contributed by atoms with Crippen LogP contribution in [-0.2, 0) is 4.74 Å². The molecule has 0 spiro atoms. The lowest BCUT2D eigenvalue weighted by Crippen LogP contribution is -2.23. The molecule has 0 aliphatic carbocycles. The van der Waals surface area contributed by atoms with E-state index in [-0.39, 0.29) is 0 Å². The smallest absolute Gasteiger partial charge is 0.240 e. The highest BCUT2D eigenvalue weighted by Gasteiger charge is 2.15. The van der Waals surface area contributed by atoms with Crippen molar-refractivity contribution in [1.29, 1.82) is 0 Å². The molecule has 0 saturated carbocycles. The molecular weight excluding hydrogens is 274 g/mol. The molecule has 1 saturated heterocycles. The largest absolute Gasteiger partial charge is 0.381 e. The molecule has 7 heteroatoms. The first-order valence-electron chi connectivity index (χ1n) is 6.82. The van der Waals surface area contributed by atoms with Crippen molar-refractivity contribution in [2.75, 3.05) is 30.5 Å². The van der Waals surface area contributed by atoms with Crippen molar-refractivity contribution in [3.63, 3.8) is 0 Å². The summed E-state index contributed by atoms with van der Waals surface area (Å²) in [6.45, 7) is 4.70. The van der Waals surface area contributed by atoms with Gasteiger partial charge in [0.1, 0.15) is 10.6 Å². The second kappa shape index (κ2) is 5.90. The fraction of sp³-hybridized carbons (Fsp3) is 0.538. The Morgan fingerprint density at radius 1 is 1.40 bits per heavy atom. The molecule has 2 aromatic rings. The first kappa shape index (κ1) is 13.5. The molecule has 0 bridgehead atoms. The Hall–Kier alpha value is -1.44. The molecule has 0 radical (unpaired) electrons. The number of nitrogens with zero attached hydrogens (tertiary/aromatic N) is 2. The van der Waals surface area contributed by atoms with Gasteiger partial charge in [0, 0.05) is 24.6 Å². The van der Waals surface area contributed by atoms with Crippen LogP contribution in [0.2, 0.25) is 0 Å². The molecule has 108 valence electrons. The first-order chi connectivity index (χ1) is 9.76. The molecule has 4 N–H and O–H groups in total. The van der Waals surface area contributed by atoms with Gasteiger partial charge < -0.3 is 10.1 Å². The number of nitrogens with two attached hydrogens (primary N) is 1. The van der Waals surface area contributed by atoms with Gasteiger partial charge in [0.25, 0.3) is 0 Å². The molecule has 0 unspecified atom stereocenters. The van der Waals surface area contributed by atoms with Crippen molar-refractivity contribution in [2.24, 2.45) is 11.8 Å². The summed E-state index contributed by atoms with van der Waals surface area (Å²) in [5.74, 6) is 7.39. The second-order valence-electron chi connectivity index (χ2n) is 5.05. The van der Waals surface area contributed by atoms with Gasteiger partial charge in [-0.15, -0.1) is 11.3 Å². The van der Waals surface area contributed by atoms with Crippen LogP contribution in [0.4, 0.5) is 11.8 Å². The van der Waals surface area contributed by atoms with Gasteiger partial charge in [0.2, 0.25) is 5.95 Å². The molecule has 20 heavy (non-hydrogen) atoms. The van der Waals surface area contributed by atoms with Gasteiger partial charge in [-0.2, -0.15) is 4.98 Å². The van der Waals surface area contributed by atoms with Crippen molar-refractivity contribution in [3.8, 4) is 0 Å². The van der Waals surface area contributed by atoms with E-state index in [1.165, 1.54) is 4.88 Å². The summed E-state index contributed by atoms with van der Waals surface area (Å²) >= 11 is 1.65. The van der Waals surface area contributed by atoms with Gasteiger partial charge >= 0.3 is 0 Å². The number of hydrogen-bond acceptors (Lipinski definition) is 7. The lowest BCUT2D eigenvalue weighted by Gasteiger charge is -2.22. The Kier molecular flexibility index (Phi) is 4.00. The van der Waals surface area contributed by atoms with Gasteiger partial charge in [-0.1, -0.05) is 0 Å². The van der Waals surface area contributed by atoms with Crippen LogP contribution in [0.5, 0.6) is 0 Å². The van der Waals surface area contributed by atoms with Crippen LogP contribution in [-0.4, -0.2) is 29.7 Å². The number of fused-ring (bicyclic) bond motifs is 1. The molecule has 2 aromatic heterocycles. The number of ether oxygens (including phenoxy) is 1. The van der Waals surface area contributed by atoms with Crippen LogP contribution >= 0.6 is 11.3 Å². The molecule has 3 rings (SSSR count). The van der Waals surface area contributed by atoms with Crippen molar-refractivity contribution < 1.29 is 4.74 Å². The molecule has 0 aromatic carbocycles. The number of hydrogen-bond donors (Lipinski definition) is 3. The van der Waals surface area contributed by atoms with Crippen molar-refractivity contribution in [3.05, 3.63) is 10.9 Å². The van der Waals surface area contributed by atoms with Crippen LogP contribution < -0.4 is 16.6 Å². The number of anilines is 2. The van der Waals surface area contributed by atoms with Crippen LogP contribution in [0.15, 0.2) is 6.07 Å². The van der Waals surface area contributed by atoms with E-state index in [1.54, 1.807) is 11.3 Å². The topological polar surface area (TPSA) is 85.1 Å². The second-order valence-corrected chi connectivity index (χ2v) is 6.29. The lowest BCUT2D eigenvalue weighted by molar-refractivity contribution is 0.0699. The summed E-state index contributed by atoms with van der Waals surface area (Å²) in [5, 5.41) is 4.52. The summed E-state index contributed by atoms with van der Waals surface area (Å²) < 4.78 is 5.38. The van der Waals surface area contributed by atoms with Gasteiger partial charge in [0.05, 0.1) is 5.39 Å². The average Bonchev–Trinajstić information content (AvgIpc) is 2.86. The Morgan fingerprint density at radius 3 is 2.95 bits per heavy atom. The maximum absolute atomic E-state index is 5.44. The predicted octanol–water partition coefficient (Wildman–Crippen LogP) is 2.12. The van der Waals surface area contributed by atoms with E-state index >= 15 is 0 Å². The molecule has 1 aliphatic heterocycles.